The van der Waals surface area contributed by atoms with Crippen molar-refractivity contribution in [1.29, 1.82) is 0 Å². The molecule has 13 heavy (non-hydrogen) atoms. The van der Waals surface area contributed by atoms with Gasteiger partial charge in [0.15, 0.2) is 0 Å². The predicted molar refractivity (Wildman–Crippen MR) is 42.7 cm³/mol. The van der Waals surface area contributed by atoms with Crippen LogP contribution in [0.3, 0.4) is 0 Å². The van der Waals surface area contributed by atoms with Crippen molar-refractivity contribution in [2.45, 2.75) is 12.8 Å². The molecule has 1 saturated heterocycles. The van der Waals surface area contributed by atoms with E-state index in [2.05, 4.69) is 4.18 Å². The number of carbonyl (C=O) groups is 1. The summed E-state index contributed by atoms with van der Waals surface area (Å²) in [4.78, 5) is 11.6. The molecule has 0 radical (unpaired) electrons. The normalized spacial score (nSPS) is 22.4. The molecule has 1 N–H and O–H groups in total. The van der Waals surface area contributed by atoms with E-state index in [1.165, 1.54) is 0 Å². The number of quaternary nitrogens is 1. The monoisotopic (exact) mass is 211 g/mol. The van der Waals surface area contributed by atoms with Gasteiger partial charge in [0.05, 0.1) is 27.1 Å². The summed E-state index contributed by atoms with van der Waals surface area (Å²) in [5.41, 5.74) is 0. The molecular weight excluding hydrogens is 198 g/mol. The zero-order valence-electron chi connectivity index (χ0n) is 7.57. The van der Waals surface area contributed by atoms with Crippen LogP contribution in [-0.4, -0.2) is 39.6 Å². The second-order valence-electron chi connectivity index (χ2n) is 2.63. The summed E-state index contributed by atoms with van der Waals surface area (Å²) < 4.78 is 31.0. The van der Waals surface area contributed by atoms with Gasteiger partial charge in [-0.25, -0.2) is 13.2 Å². The minimum Gasteiger partial charge on any atom is -0.726 e. The molecule has 1 unspecified atom stereocenters. The summed E-state index contributed by atoms with van der Waals surface area (Å²) in [6.45, 7) is 1.04. The van der Waals surface area contributed by atoms with Crippen LogP contribution >= 0.6 is 0 Å². The highest BCUT2D eigenvalue weighted by Gasteiger charge is 2.20. The van der Waals surface area contributed by atoms with E-state index in [-0.39, 0.29) is 0 Å². The molecule has 0 spiro atoms. The lowest BCUT2D eigenvalue weighted by atomic mass is 10.4. The summed E-state index contributed by atoms with van der Waals surface area (Å²) in [5, 5.41) is 0. The number of rotatable bonds is 1. The van der Waals surface area contributed by atoms with Crippen LogP contribution in [0.15, 0.2) is 0 Å². The van der Waals surface area contributed by atoms with Gasteiger partial charge in [-0.2, -0.15) is 0 Å². The Morgan fingerprint density at radius 1 is 1.54 bits per heavy atom. The fraction of sp³-hybridized carbons (Fsp3) is 0.833. The molecule has 1 aliphatic rings. The predicted octanol–water partition coefficient (Wildman–Crippen LogP) is -2.09. The van der Waals surface area contributed by atoms with Crippen molar-refractivity contribution in [3.8, 4) is 0 Å². The molecular formula is C6H13NO5S. The summed E-state index contributed by atoms with van der Waals surface area (Å²) in [6, 6.07) is 0. The van der Waals surface area contributed by atoms with Crippen LogP contribution < -0.4 is 4.90 Å². The average Bonchev–Trinajstić information content (AvgIpc) is 2.36. The maximum absolute atomic E-state index is 10.5. The largest absolute Gasteiger partial charge is 0.726 e. The molecule has 1 amide bonds. The standard InChI is InChI=1S/C5H9NO.CH4O4S/c1-6-4-2-3-5(6)7;1-5-6(2,3)4/h2-4H2,1H3;1H3,(H,2,3,4). The van der Waals surface area contributed by atoms with E-state index in [4.69, 9.17) is 0 Å². The van der Waals surface area contributed by atoms with Gasteiger partial charge < -0.3 is 4.55 Å². The first-order chi connectivity index (χ1) is 5.87. The summed E-state index contributed by atoms with van der Waals surface area (Å²) in [6.07, 6.45) is 1.89. The van der Waals surface area contributed by atoms with Crippen molar-refractivity contribution >= 4 is 16.3 Å². The Balaban J connectivity index is 0.000000226. The van der Waals surface area contributed by atoms with E-state index >= 15 is 0 Å². The van der Waals surface area contributed by atoms with Crippen molar-refractivity contribution in [2.24, 2.45) is 0 Å². The van der Waals surface area contributed by atoms with Gasteiger partial charge in [-0.3, -0.25) is 9.08 Å². The highest BCUT2D eigenvalue weighted by atomic mass is 32.3. The summed E-state index contributed by atoms with van der Waals surface area (Å²) in [5.74, 6) is 0.375. The van der Waals surface area contributed by atoms with Gasteiger partial charge in [-0.15, -0.1) is 0 Å². The van der Waals surface area contributed by atoms with Crippen molar-refractivity contribution < 1.29 is 26.8 Å². The zero-order valence-corrected chi connectivity index (χ0v) is 8.39. The molecule has 1 rings (SSSR count). The number of nitrogens with one attached hydrogen (secondary N) is 1. The van der Waals surface area contributed by atoms with Crippen LogP contribution in [0.25, 0.3) is 0 Å². The lowest BCUT2D eigenvalue weighted by Gasteiger charge is -1.98. The molecule has 7 heteroatoms. The molecule has 0 aliphatic carbocycles. The van der Waals surface area contributed by atoms with E-state index < -0.39 is 10.4 Å². The average molecular weight is 211 g/mol. The Morgan fingerprint density at radius 2 is 2.00 bits per heavy atom. The number of hydrogen-bond acceptors (Lipinski definition) is 5. The second kappa shape index (κ2) is 5.28. The van der Waals surface area contributed by atoms with Crippen LogP contribution in [-0.2, 0) is 19.4 Å². The van der Waals surface area contributed by atoms with Crippen molar-refractivity contribution in [3.05, 3.63) is 0 Å². The Labute approximate surface area is 77.4 Å². The van der Waals surface area contributed by atoms with E-state index in [9.17, 15) is 17.8 Å². The highest BCUT2D eigenvalue weighted by Crippen LogP contribution is 1.87. The van der Waals surface area contributed by atoms with Gasteiger partial charge >= 0.3 is 5.91 Å². The smallest absolute Gasteiger partial charge is 0.312 e. The fourth-order valence-corrected chi connectivity index (χ4v) is 0.867. The van der Waals surface area contributed by atoms with Crippen LogP contribution in [0.5, 0.6) is 0 Å². The van der Waals surface area contributed by atoms with Gasteiger partial charge in [0.25, 0.3) is 0 Å². The molecule has 0 aromatic heterocycles. The number of hydrogen-bond donors (Lipinski definition) is 1. The van der Waals surface area contributed by atoms with Crippen LogP contribution in [0.4, 0.5) is 0 Å². The SMILES string of the molecule is COS(=O)(=O)[O-].C[NH+]1CCCC1=O. The minimum atomic E-state index is -4.41. The third-order valence-electron chi connectivity index (χ3n) is 1.64. The van der Waals surface area contributed by atoms with Gasteiger partial charge in [0.2, 0.25) is 10.4 Å². The summed E-state index contributed by atoms with van der Waals surface area (Å²) >= 11 is 0. The van der Waals surface area contributed by atoms with Crippen molar-refractivity contribution in [2.75, 3.05) is 20.7 Å². The fourth-order valence-electron chi connectivity index (χ4n) is 0.867. The summed E-state index contributed by atoms with van der Waals surface area (Å²) in [7, 11) is -1.68. The Morgan fingerprint density at radius 3 is 2.08 bits per heavy atom. The van der Waals surface area contributed by atoms with Crippen LogP contribution in [0.1, 0.15) is 12.8 Å². The van der Waals surface area contributed by atoms with Gasteiger partial charge in [-0.1, -0.05) is 0 Å². The lowest BCUT2D eigenvalue weighted by molar-refractivity contribution is -0.788. The second-order valence-corrected chi connectivity index (χ2v) is 3.78. The topological polar surface area (TPSA) is 87.9 Å². The molecule has 1 aliphatic heterocycles. The first-order valence-electron chi connectivity index (χ1n) is 3.74. The molecule has 1 heterocycles. The zero-order chi connectivity index (χ0) is 10.5. The Hall–Kier alpha value is -0.500. The van der Waals surface area contributed by atoms with Gasteiger partial charge in [0, 0.05) is 6.42 Å². The van der Waals surface area contributed by atoms with E-state index in [1.807, 2.05) is 7.05 Å². The first-order valence-corrected chi connectivity index (χ1v) is 5.07. The van der Waals surface area contributed by atoms with E-state index in [0.717, 1.165) is 31.4 Å². The molecule has 1 fully saturated rings. The maximum atomic E-state index is 10.5. The third kappa shape index (κ3) is 6.64. The molecule has 0 aromatic rings. The van der Waals surface area contributed by atoms with Gasteiger partial charge in [0.1, 0.15) is 0 Å². The quantitative estimate of drug-likeness (QED) is 0.397. The highest BCUT2D eigenvalue weighted by molar-refractivity contribution is 7.80. The number of likely N-dealkylation sites (tertiary alicyclic amines) is 1. The van der Waals surface area contributed by atoms with E-state index in [0.29, 0.717) is 5.91 Å². The van der Waals surface area contributed by atoms with Crippen molar-refractivity contribution in [1.82, 2.24) is 0 Å². The number of carbonyl (C=O) groups excluding carboxylic acids is 1. The van der Waals surface area contributed by atoms with Crippen LogP contribution in [0.2, 0.25) is 0 Å². The number of amides is 1. The molecule has 6 nitrogen and oxygen atoms in total. The Kier molecular flexibility index (Phi) is 5.07. The molecule has 78 valence electrons. The van der Waals surface area contributed by atoms with E-state index in [1.54, 1.807) is 0 Å². The van der Waals surface area contributed by atoms with Gasteiger partial charge in [-0.05, 0) is 0 Å². The molecule has 1 atom stereocenters. The molecule has 0 aromatic carbocycles. The molecule has 0 saturated carbocycles. The first kappa shape index (κ1) is 12.5. The molecule has 0 bridgehead atoms. The van der Waals surface area contributed by atoms with Crippen molar-refractivity contribution in [3.63, 3.8) is 0 Å². The lowest BCUT2D eigenvalue weighted by Crippen LogP contribution is -3.09. The Bertz CT molecular complexity index is 260. The third-order valence-corrected chi connectivity index (χ3v) is 2.04. The maximum Gasteiger partial charge on any atom is 0.312 e. The van der Waals surface area contributed by atoms with Crippen LogP contribution in [0, 0.1) is 0 Å². The minimum absolute atomic E-state index is 0.375.